The SMILES string of the molecule is CC1Cc2c(c3cc(F)cc(F)c3n2CCc2ccccn2)CN1C. The van der Waals surface area contributed by atoms with Crippen LogP contribution in [0.25, 0.3) is 10.9 Å². The van der Waals surface area contributed by atoms with Crippen LogP contribution in [0, 0.1) is 11.6 Å². The molecule has 5 heteroatoms. The molecule has 1 atom stereocenters. The van der Waals surface area contributed by atoms with E-state index in [1.807, 2.05) is 22.8 Å². The summed E-state index contributed by atoms with van der Waals surface area (Å²) in [4.78, 5) is 6.59. The van der Waals surface area contributed by atoms with E-state index < -0.39 is 11.6 Å². The number of hydrogen-bond donors (Lipinski definition) is 0. The summed E-state index contributed by atoms with van der Waals surface area (Å²) in [6.45, 7) is 3.52. The van der Waals surface area contributed by atoms with E-state index in [9.17, 15) is 8.78 Å². The number of fused-ring (bicyclic) bond motifs is 3. The van der Waals surface area contributed by atoms with Gasteiger partial charge in [0, 0.05) is 61.0 Å². The Morgan fingerprint density at radius 2 is 2.08 bits per heavy atom. The third-order valence-corrected chi connectivity index (χ3v) is 5.26. The Morgan fingerprint density at radius 1 is 1.24 bits per heavy atom. The fraction of sp³-hybridized carbons (Fsp3) is 0.350. The highest BCUT2D eigenvalue weighted by Crippen LogP contribution is 2.34. The predicted molar refractivity (Wildman–Crippen MR) is 94.4 cm³/mol. The molecule has 0 bridgehead atoms. The highest BCUT2D eigenvalue weighted by atomic mass is 19.1. The molecule has 1 unspecified atom stereocenters. The Labute approximate surface area is 145 Å². The van der Waals surface area contributed by atoms with E-state index in [1.165, 1.54) is 6.07 Å². The fourth-order valence-corrected chi connectivity index (χ4v) is 3.79. The van der Waals surface area contributed by atoms with Gasteiger partial charge in [0.1, 0.15) is 11.6 Å². The van der Waals surface area contributed by atoms with Gasteiger partial charge in [-0.15, -0.1) is 0 Å². The lowest BCUT2D eigenvalue weighted by atomic mass is 10.00. The van der Waals surface area contributed by atoms with Gasteiger partial charge in [-0.1, -0.05) is 6.07 Å². The summed E-state index contributed by atoms with van der Waals surface area (Å²) < 4.78 is 30.5. The Bertz CT molecular complexity index is 918. The van der Waals surface area contributed by atoms with E-state index in [-0.39, 0.29) is 0 Å². The zero-order valence-corrected chi connectivity index (χ0v) is 14.5. The highest BCUT2D eigenvalue weighted by Gasteiger charge is 2.28. The molecule has 2 aromatic heterocycles. The molecule has 1 aliphatic heterocycles. The maximum absolute atomic E-state index is 14.6. The van der Waals surface area contributed by atoms with Gasteiger partial charge in [-0.25, -0.2) is 8.78 Å². The Balaban J connectivity index is 1.83. The summed E-state index contributed by atoms with van der Waals surface area (Å²) in [7, 11) is 2.06. The third kappa shape index (κ3) is 2.82. The maximum atomic E-state index is 14.6. The van der Waals surface area contributed by atoms with Crippen molar-refractivity contribution in [2.24, 2.45) is 0 Å². The van der Waals surface area contributed by atoms with Gasteiger partial charge in [0.25, 0.3) is 0 Å². The minimum absolute atomic E-state index is 0.373. The molecular weight excluding hydrogens is 320 g/mol. The molecular formula is C20H21F2N3. The van der Waals surface area contributed by atoms with Crippen molar-refractivity contribution in [3.63, 3.8) is 0 Å². The number of likely N-dealkylation sites (N-methyl/N-ethyl adjacent to an activating group) is 1. The zero-order valence-electron chi connectivity index (χ0n) is 14.5. The van der Waals surface area contributed by atoms with Gasteiger partial charge in [-0.2, -0.15) is 0 Å². The number of halogens is 2. The number of rotatable bonds is 3. The van der Waals surface area contributed by atoms with Crippen LogP contribution in [0.3, 0.4) is 0 Å². The smallest absolute Gasteiger partial charge is 0.150 e. The molecule has 4 rings (SSSR count). The second kappa shape index (κ2) is 6.23. The van der Waals surface area contributed by atoms with Crippen LogP contribution in [0.5, 0.6) is 0 Å². The van der Waals surface area contributed by atoms with Gasteiger partial charge in [-0.05, 0) is 37.7 Å². The fourth-order valence-electron chi connectivity index (χ4n) is 3.79. The van der Waals surface area contributed by atoms with Crippen molar-refractivity contribution in [3.05, 3.63) is 65.1 Å². The standard InChI is InChI=1S/C20H21F2N3/c1-13-9-19-17(12-24(13)2)16-10-14(21)11-18(22)20(16)25(19)8-6-15-5-3-4-7-23-15/h3-5,7,10-11,13H,6,8-9,12H2,1-2H3. The van der Waals surface area contributed by atoms with E-state index in [1.54, 1.807) is 6.20 Å². The average Bonchev–Trinajstić information content (AvgIpc) is 2.88. The van der Waals surface area contributed by atoms with Crippen molar-refractivity contribution in [3.8, 4) is 0 Å². The number of nitrogens with zero attached hydrogens (tertiary/aromatic N) is 3. The van der Waals surface area contributed by atoms with Crippen LogP contribution in [0.4, 0.5) is 8.78 Å². The van der Waals surface area contributed by atoms with Gasteiger partial charge in [0.05, 0.1) is 5.52 Å². The molecule has 0 fully saturated rings. The molecule has 0 spiro atoms. The van der Waals surface area contributed by atoms with Crippen LogP contribution in [-0.2, 0) is 25.9 Å². The summed E-state index contributed by atoms with van der Waals surface area (Å²) in [6.07, 6.45) is 3.33. The van der Waals surface area contributed by atoms with Gasteiger partial charge in [0.15, 0.2) is 0 Å². The van der Waals surface area contributed by atoms with Crippen molar-refractivity contribution >= 4 is 10.9 Å². The van der Waals surface area contributed by atoms with E-state index in [2.05, 4.69) is 23.9 Å². The minimum atomic E-state index is -0.518. The van der Waals surface area contributed by atoms with Crippen LogP contribution in [-0.4, -0.2) is 27.5 Å². The first-order valence-corrected chi connectivity index (χ1v) is 8.63. The molecule has 1 aromatic carbocycles. The number of pyridine rings is 1. The topological polar surface area (TPSA) is 21.1 Å². The lowest BCUT2D eigenvalue weighted by molar-refractivity contribution is 0.228. The summed E-state index contributed by atoms with van der Waals surface area (Å²) in [6, 6.07) is 8.65. The quantitative estimate of drug-likeness (QED) is 0.720. The van der Waals surface area contributed by atoms with Crippen LogP contribution < -0.4 is 0 Å². The summed E-state index contributed by atoms with van der Waals surface area (Å²) >= 11 is 0. The monoisotopic (exact) mass is 341 g/mol. The van der Waals surface area contributed by atoms with Gasteiger partial charge < -0.3 is 4.57 Å². The molecule has 0 saturated heterocycles. The second-order valence-corrected chi connectivity index (χ2v) is 6.90. The molecule has 0 aliphatic carbocycles. The van der Waals surface area contributed by atoms with Crippen molar-refractivity contribution in [2.75, 3.05) is 7.05 Å². The lowest BCUT2D eigenvalue weighted by Crippen LogP contribution is -2.35. The Morgan fingerprint density at radius 3 is 2.84 bits per heavy atom. The normalized spacial score (nSPS) is 17.8. The Kier molecular flexibility index (Phi) is 4.04. The predicted octanol–water partition coefficient (Wildman–Crippen LogP) is 3.93. The molecule has 130 valence electrons. The Hall–Kier alpha value is -2.27. The first-order valence-electron chi connectivity index (χ1n) is 8.63. The van der Waals surface area contributed by atoms with Crippen LogP contribution in [0.15, 0.2) is 36.5 Å². The van der Waals surface area contributed by atoms with Gasteiger partial charge >= 0.3 is 0 Å². The van der Waals surface area contributed by atoms with Gasteiger partial charge in [-0.3, -0.25) is 9.88 Å². The first-order chi connectivity index (χ1) is 12.0. The largest absolute Gasteiger partial charge is 0.341 e. The van der Waals surface area contributed by atoms with E-state index in [0.29, 0.717) is 30.0 Å². The third-order valence-electron chi connectivity index (χ3n) is 5.26. The molecule has 25 heavy (non-hydrogen) atoms. The van der Waals surface area contributed by atoms with Crippen LogP contribution in [0.2, 0.25) is 0 Å². The number of aromatic nitrogens is 2. The lowest BCUT2D eigenvalue weighted by Gasteiger charge is -2.31. The molecule has 3 aromatic rings. The van der Waals surface area contributed by atoms with Crippen molar-refractivity contribution in [2.45, 2.75) is 38.9 Å². The van der Waals surface area contributed by atoms with Crippen LogP contribution in [0.1, 0.15) is 23.9 Å². The van der Waals surface area contributed by atoms with E-state index >= 15 is 0 Å². The average molecular weight is 341 g/mol. The maximum Gasteiger partial charge on any atom is 0.150 e. The van der Waals surface area contributed by atoms with Crippen molar-refractivity contribution < 1.29 is 8.78 Å². The number of benzene rings is 1. The molecule has 0 amide bonds. The molecule has 0 radical (unpaired) electrons. The summed E-state index contributed by atoms with van der Waals surface area (Å²) in [5.74, 6) is -1.00. The molecule has 3 nitrogen and oxygen atoms in total. The summed E-state index contributed by atoms with van der Waals surface area (Å²) in [5, 5.41) is 0.701. The summed E-state index contributed by atoms with van der Waals surface area (Å²) in [5.41, 5.74) is 3.67. The van der Waals surface area contributed by atoms with Crippen molar-refractivity contribution in [1.29, 1.82) is 0 Å². The number of hydrogen-bond acceptors (Lipinski definition) is 2. The van der Waals surface area contributed by atoms with Crippen molar-refractivity contribution in [1.82, 2.24) is 14.5 Å². The highest BCUT2D eigenvalue weighted by molar-refractivity contribution is 5.86. The molecule has 3 heterocycles. The van der Waals surface area contributed by atoms with Gasteiger partial charge in [0.2, 0.25) is 0 Å². The molecule has 0 N–H and O–H groups in total. The number of aryl methyl sites for hydroxylation is 2. The first kappa shape index (κ1) is 16.2. The second-order valence-electron chi connectivity index (χ2n) is 6.90. The molecule has 0 saturated carbocycles. The molecule has 1 aliphatic rings. The van der Waals surface area contributed by atoms with E-state index in [0.717, 1.165) is 35.9 Å². The minimum Gasteiger partial charge on any atom is -0.341 e. The van der Waals surface area contributed by atoms with E-state index in [4.69, 9.17) is 0 Å². The van der Waals surface area contributed by atoms with Crippen LogP contribution >= 0.6 is 0 Å². The zero-order chi connectivity index (χ0) is 17.6.